The molecule has 0 radical (unpaired) electrons. The Morgan fingerprint density at radius 1 is 1.60 bits per heavy atom. The summed E-state index contributed by atoms with van der Waals surface area (Å²) in [5.74, 6) is 0.658. The Balaban J connectivity index is 2.96. The molecule has 0 spiro atoms. The fourth-order valence-electron chi connectivity index (χ4n) is 1.21. The molecule has 1 N–H and O–H groups in total. The summed E-state index contributed by atoms with van der Waals surface area (Å²) in [5.41, 5.74) is 0.878. The first-order valence-corrected chi connectivity index (χ1v) is 5.05. The third-order valence-corrected chi connectivity index (χ3v) is 2.27. The Morgan fingerprint density at radius 2 is 2.33 bits per heavy atom. The number of ether oxygens (including phenoxy) is 1. The van der Waals surface area contributed by atoms with E-state index in [-0.39, 0.29) is 0 Å². The highest BCUT2D eigenvalue weighted by Crippen LogP contribution is 2.26. The van der Waals surface area contributed by atoms with Gasteiger partial charge in [0.05, 0.1) is 0 Å². The predicted molar refractivity (Wildman–Crippen MR) is 59.9 cm³/mol. The Morgan fingerprint density at radius 3 is 2.93 bits per heavy atom. The SMILES string of the molecule is CNCc1c(Cl)cccc1OC(C)C#N. The molecule has 0 bridgehead atoms. The molecule has 1 aromatic rings. The van der Waals surface area contributed by atoms with Gasteiger partial charge >= 0.3 is 0 Å². The fourth-order valence-corrected chi connectivity index (χ4v) is 1.45. The molecule has 4 heteroatoms. The van der Waals surface area contributed by atoms with E-state index in [2.05, 4.69) is 5.32 Å². The van der Waals surface area contributed by atoms with E-state index >= 15 is 0 Å². The van der Waals surface area contributed by atoms with E-state index in [1.807, 2.05) is 19.2 Å². The molecular formula is C11H13ClN2O. The van der Waals surface area contributed by atoms with Crippen LogP contribution < -0.4 is 10.1 Å². The standard InChI is InChI=1S/C11H13ClN2O/c1-8(6-13)15-11-5-3-4-10(12)9(11)7-14-2/h3-5,8,14H,7H2,1-2H3. The first-order valence-electron chi connectivity index (χ1n) is 4.67. The van der Waals surface area contributed by atoms with Crippen LogP contribution in [-0.4, -0.2) is 13.2 Å². The summed E-state index contributed by atoms with van der Waals surface area (Å²) in [6.45, 7) is 2.32. The van der Waals surface area contributed by atoms with E-state index in [0.29, 0.717) is 17.3 Å². The molecule has 0 aliphatic carbocycles. The largest absolute Gasteiger partial charge is 0.475 e. The third-order valence-electron chi connectivity index (χ3n) is 1.91. The van der Waals surface area contributed by atoms with Crippen molar-refractivity contribution >= 4 is 11.6 Å². The number of nitriles is 1. The van der Waals surface area contributed by atoms with Gasteiger partial charge in [0.25, 0.3) is 0 Å². The fraction of sp³-hybridized carbons (Fsp3) is 0.364. The molecule has 3 nitrogen and oxygen atoms in total. The zero-order valence-corrected chi connectivity index (χ0v) is 9.51. The number of hydrogen-bond donors (Lipinski definition) is 1. The molecule has 1 rings (SSSR count). The lowest BCUT2D eigenvalue weighted by Gasteiger charge is -2.13. The second kappa shape index (κ2) is 5.59. The van der Waals surface area contributed by atoms with Crippen molar-refractivity contribution in [1.82, 2.24) is 5.32 Å². The maximum atomic E-state index is 8.66. The first-order chi connectivity index (χ1) is 7.19. The van der Waals surface area contributed by atoms with Gasteiger partial charge < -0.3 is 10.1 Å². The predicted octanol–water partition coefficient (Wildman–Crippen LogP) is 2.35. The molecule has 0 saturated carbocycles. The van der Waals surface area contributed by atoms with Crippen LogP contribution in [0, 0.1) is 11.3 Å². The lowest BCUT2D eigenvalue weighted by Crippen LogP contribution is -2.13. The number of nitrogens with zero attached hydrogens (tertiary/aromatic N) is 1. The van der Waals surface area contributed by atoms with Gasteiger partial charge in [-0.25, -0.2) is 0 Å². The second-order valence-electron chi connectivity index (χ2n) is 3.14. The van der Waals surface area contributed by atoms with Crippen LogP contribution in [0.5, 0.6) is 5.75 Å². The number of rotatable bonds is 4. The van der Waals surface area contributed by atoms with Crippen molar-refractivity contribution in [2.75, 3.05) is 7.05 Å². The van der Waals surface area contributed by atoms with Crippen LogP contribution in [0.4, 0.5) is 0 Å². The number of hydrogen-bond acceptors (Lipinski definition) is 3. The zero-order chi connectivity index (χ0) is 11.3. The Labute approximate surface area is 94.6 Å². The average Bonchev–Trinajstić information content (AvgIpc) is 2.23. The van der Waals surface area contributed by atoms with E-state index in [4.69, 9.17) is 21.6 Å². The lowest BCUT2D eigenvalue weighted by atomic mass is 10.2. The maximum Gasteiger partial charge on any atom is 0.181 e. The van der Waals surface area contributed by atoms with Crippen molar-refractivity contribution in [2.45, 2.75) is 19.6 Å². The molecule has 0 fully saturated rings. The Bertz CT molecular complexity index is 373. The minimum Gasteiger partial charge on any atom is -0.475 e. The molecule has 0 saturated heterocycles. The number of benzene rings is 1. The summed E-state index contributed by atoms with van der Waals surface area (Å²) < 4.78 is 5.44. The molecule has 1 aromatic carbocycles. The molecule has 80 valence electrons. The Kier molecular flexibility index (Phi) is 4.41. The van der Waals surface area contributed by atoms with Crippen LogP contribution in [0.1, 0.15) is 12.5 Å². The van der Waals surface area contributed by atoms with Gasteiger partial charge in [-0.05, 0) is 26.1 Å². The molecule has 0 amide bonds. The minimum absolute atomic E-state index is 0.473. The Hall–Kier alpha value is -1.24. The third kappa shape index (κ3) is 3.12. The molecular weight excluding hydrogens is 212 g/mol. The van der Waals surface area contributed by atoms with E-state index in [1.165, 1.54) is 0 Å². The van der Waals surface area contributed by atoms with Gasteiger partial charge in [0.1, 0.15) is 11.8 Å². The topological polar surface area (TPSA) is 45.0 Å². The quantitative estimate of drug-likeness (QED) is 0.854. The summed E-state index contributed by atoms with van der Waals surface area (Å²) >= 11 is 6.03. The zero-order valence-electron chi connectivity index (χ0n) is 8.75. The minimum atomic E-state index is -0.473. The lowest BCUT2D eigenvalue weighted by molar-refractivity contribution is 0.273. The van der Waals surface area contributed by atoms with Gasteiger partial charge in [0.2, 0.25) is 0 Å². The van der Waals surface area contributed by atoms with Gasteiger partial charge in [0, 0.05) is 17.1 Å². The van der Waals surface area contributed by atoms with Gasteiger partial charge in [-0.3, -0.25) is 0 Å². The normalized spacial score (nSPS) is 11.9. The molecule has 0 aliphatic heterocycles. The summed E-state index contributed by atoms with van der Waals surface area (Å²) in [6.07, 6.45) is -0.473. The molecule has 0 heterocycles. The van der Waals surface area contributed by atoms with Crippen molar-refractivity contribution in [2.24, 2.45) is 0 Å². The summed E-state index contributed by atoms with van der Waals surface area (Å²) in [6, 6.07) is 7.44. The van der Waals surface area contributed by atoms with Gasteiger partial charge in [-0.2, -0.15) is 5.26 Å². The van der Waals surface area contributed by atoms with Crippen molar-refractivity contribution in [1.29, 1.82) is 5.26 Å². The molecule has 0 aliphatic rings. The van der Waals surface area contributed by atoms with Crippen LogP contribution in [0.25, 0.3) is 0 Å². The summed E-state index contributed by atoms with van der Waals surface area (Å²) in [7, 11) is 1.83. The van der Waals surface area contributed by atoms with Crippen LogP contribution in [0.2, 0.25) is 5.02 Å². The summed E-state index contributed by atoms with van der Waals surface area (Å²) in [4.78, 5) is 0. The monoisotopic (exact) mass is 224 g/mol. The van der Waals surface area contributed by atoms with E-state index in [0.717, 1.165) is 5.56 Å². The molecule has 1 unspecified atom stereocenters. The molecule has 0 aromatic heterocycles. The van der Waals surface area contributed by atoms with Gasteiger partial charge in [-0.15, -0.1) is 0 Å². The van der Waals surface area contributed by atoms with Gasteiger partial charge in [0.15, 0.2) is 6.10 Å². The average molecular weight is 225 g/mol. The van der Waals surface area contributed by atoms with E-state index in [1.54, 1.807) is 19.1 Å². The summed E-state index contributed by atoms with van der Waals surface area (Å²) in [5, 5.41) is 12.3. The van der Waals surface area contributed by atoms with Crippen LogP contribution in [0.15, 0.2) is 18.2 Å². The number of nitrogens with one attached hydrogen (secondary N) is 1. The number of halogens is 1. The van der Waals surface area contributed by atoms with E-state index in [9.17, 15) is 0 Å². The second-order valence-corrected chi connectivity index (χ2v) is 3.54. The van der Waals surface area contributed by atoms with E-state index < -0.39 is 6.10 Å². The highest BCUT2D eigenvalue weighted by atomic mass is 35.5. The van der Waals surface area contributed by atoms with Crippen LogP contribution in [0.3, 0.4) is 0 Å². The van der Waals surface area contributed by atoms with Crippen molar-refractivity contribution in [3.05, 3.63) is 28.8 Å². The van der Waals surface area contributed by atoms with Crippen molar-refractivity contribution < 1.29 is 4.74 Å². The van der Waals surface area contributed by atoms with Gasteiger partial charge in [-0.1, -0.05) is 17.7 Å². The van der Waals surface area contributed by atoms with Crippen molar-refractivity contribution in [3.63, 3.8) is 0 Å². The van der Waals surface area contributed by atoms with Crippen LogP contribution in [-0.2, 0) is 6.54 Å². The van der Waals surface area contributed by atoms with Crippen LogP contribution >= 0.6 is 11.6 Å². The maximum absolute atomic E-state index is 8.66. The van der Waals surface area contributed by atoms with Crippen molar-refractivity contribution in [3.8, 4) is 11.8 Å². The molecule has 1 atom stereocenters. The highest BCUT2D eigenvalue weighted by Gasteiger charge is 2.09. The first kappa shape index (κ1) is 11.8. The smallest absolute Gasteiger partial charge is 0.181 e. The highest BCUT2D eigenvalue weighted by molar-refractivity contribution is 6.31. The molecule has 15 heavy (non-hydrogen) atoms.